The lowest BCUT2D eigenvalue weighted by Crippen LogP contribution is -2.26. The second kappa shape index (κ2) is 6.66. The molecule has 6 heteroatoms. The summed E-state index contributed by atoms with van der Waals surface area (Å²) in [7, 11) is 3.76. The van der Waals surface area contributed by atoms with E-state index in [4.69, 9.17) is 22.2 Å². The number of aromatic nitrogens is 2. The van der Waals surface area contributed by atoms with Crippen LogP contribution in [-0.4, -0.2) is 48.3 Å². The molecule has 106 valence electrons. The normalized spacial score (nSPS) is 11.1. The third-order valence-corrected chi connectivity index (χ3v) is 3.61. The summed E-state index contributed by atoms with van der Waals surface area (Å²) in [6.45, 7) is 3.26. The number of aromatic amines is 1. The molecule has 1 N–H and O–H groups in total. The van der Waals surface area contributed by atoms with Crippen molar-refractivity contribution in [2.75, 3.05) is 33.9 Å². The number of benzene rings is 1. The maximum absolute atomic E-state index is 8.99. The number of rotatable bonds is 6. The Morgan fingerprint density at radius 2 is 2.25 bits per heavy atom. The van der Waals surface area contributed by atoms with Crippen molar-refractivity contribution in [3.8, 4) is 6.07 Å². The van der Waals surface area contributed by atoms with Crippen LogP contribution in [0.15, 0.2) is 18.2 Å². The molecule has 0 aliphatic carbocycles. The summed E-state index contributed by atoms with van der Waals surface area (Å²) in [4.78, 5) is 5.36. The maximum Gasteiger partial charge on any atom is 0.178 e. The van der Waals surface area contributed by atoms with E-state index in [2.05, 4.69) is 23.0 Å². The molecule has 1 aromatic carbocycles. The molecular formula is C14H18N4OS. The molecule has 0 saturated heterocycles. The molecule has 0 bridgehead atoms. The van der Waals surface area contributed by atoms with Gasteiger partial charge in [0, 0.05) is 26.7 Å². The molecule has 0 fully saturated rings. The van der Waals surface area contributed by atoms with E-state index in [0.717, 1.165) is 30.7 Å². The molecule has 0 atom stereocenters. The molecule has 2 aromatic rings. The van der Waals surface area contributed by atoms with Gasteiger partial charge in [-0.1, -0.05) is 0 Å². The lowest BCUT2D eigenvalue weighted by Gasteiger charge is -2.16. The highest BCUT2D eigenvalue weighted by Crippen LogP contribution is 2.16. The standard InChI is InChI=1S/C14H18N4OS/c1-17(7-8-19-2)5-6-18-13-9-11(10-15)3-4-12(13)16-14(18)20/h3-4,9H,5-8H2,1-2H3,(H,16,20). The van der Waals surface area contributed by atoms with E-state index < -0.39 is 0 Å². The largest absolute Gasteiger partial charge is 0.383 e. The van der Waals surface area contributed by atoms with Crippen LogP contribution >= 0.6 is 12.2 Å². The fraction of sp³-hybridized carbons (Fsp3) is 0.429. The summed E-state index contributed by atoms with van der Waals surface area (Å²) >= 11 is 5.35. The van der Waals surface area contributed by atoms with Crippen molar-refractivity contribution in [1.82, 2.24) is 14.5 Å². The van der Waals surface area contributed by atoms with Gasteiger partial charge in [-0.05, 0) is 37.5 Å². The van der Waals surface area contributed by atoms with Crippen molar-refractivity contribution >= 4 is 23.3 Å². The minimum atomic E-state index is 0.646. The first-order valence-corrected chi connectivity index (χ1v) is 6.86. The monoisotopic (exact) mass is 290 g/mol. The molecule has 0 spiro atoms. The molecule has 1 aromatic heterocycles. The van der Waals surface area contributed by atoms with Crippen molar-refractivity contribution in [1.29, 1.82) is 5.26 Å². The lowest BCUT2D eigenvalue weighted by molar-refractivity contribution is 0.159. The van der Waals surface area contributed by atoms with E-state index in [9.17, 15) is 0 Å². The fourth-order valence-corrected chi connectivity index (χ4v) is 2.37. The highest BCUT2D eigenvalue weighted by Gasteiger charge is 2.06. The number of nitriles is 1. The molecule has 1 heterocycles. The van der Waals surface area contributed by atoms with Gasteiger partial charge < -0.3 is 19.2 Å². The topological polar surface area (TPSA) is 57.0 Å². The highest BCUT2D eigenvalue weighted by atomic mass is 32.1. The molecule has 20 heavy (non-hydrogen) atoms. The van der Waals surface area contributed by atoms with E-state index >= 15 is 0 Å². The number of likely N-dealkylation sites (N-methyl/N-ethyl adjacent to an activating group) is 1. The molecule has 0 unspecified atom stereocenters. The fourth-order valence-electron chi connectivity index (χ4n) is 2.07. The Morgan fingerprint density at radius 3 is 2.95 bits per heavy atom. The minimum Gasteiger partial charge on any atom is -0.383 e. The zero-order chi connectivity index (χ0) is 14.5. The van der Waals surface area contributed by atoms with Crippen molar-refractivity contribution in [3.63, 3.8) is 0 Å². The summed E-state index contributed by atoms with van der Waals surface area (Å²) < 4.78 is 7.79. The number of nitrogens with one attached hydrogen (secondary N) is 1. The van der Waals surface area contributed by atoms with Crippen molar-refractivity contribution < 1.29 is 4.74 Å². The smallest absolute Gasteiger partial charge is 0.178 e. The zero-order valence-electron chi connectivity index (χ0n) is 11.7. The summed E-state index contributed by atoms with van der Waals surface area (Å²) in [6.07, 6.45) is 0. The van der Waals surface area contributed by atoms with Crippen molar-refractivity contribution in [2.45, 2.75) is 6.54 Å². The number of methoxy groups -OCH3 is 1. The molecule has 5 nitrogen and oxygen atoms in total. The van der Waals surface area contributed by atoms with Gasteiger partial charge in [-0.3, -0.25) is 0 Å². The molecule has 0 saturated carbocycles. The van der Waals surface area contributed by atoms with Crippen LogP contribution in [0.4, 0.5) is 0 Å². The Hall–Kier alpha value is -1.68. The Balaban J connectivity index is 2.19. The summed E-state index contributed by atoms with van der Waals surface area (Å²) in [5.41, 5.74) is 2.59. The first-order chi connectivity index (χ1) is 9.65. The van der Waals surface area contributed by atoms with Gasteiger partial charge in [0.05, 0.1) is 29.3 Å². The molecule has 0 amide bonds. The van der Waals surface area contributed by atoms with Crippen molar-refractivity contribution in [3.05, 3.63) is 28.5 Å². The lowest BCUT2D eigenvalue weighted by atomic mass is 10.2. The minimum absolute atomic E-state index is 0.646. The van der Waals surface area contributed by atoms with E-state index in [1.807, 2.05) is 16.7 Å². The highest BCUT2D eigenvalue weighted by molar-refractivity contribution is 7.71. The molecule has 0 aliphatic heterocycles. The molecule has 2 rings (SSSR count). The van der Waals surface area contributed by atoms with E-state index in [0.29, 0.717) is 16.9 Å². The maximum atomic E-state index is 8.99. The molecular weight excluding hydrogens is 272 g/mol. The van der Waals surface area contributed by atoms with E-state index in [1.165, 1.54) is 0 Å². The third-order valence-electron chi connectivity index (χ3n) is 3.29. The Morgan fingerprint density at radius 1 is 1.45 bits per heavy atom. The molecule has 0 radical (unpaired) electrons. The zero-order valence-corrected chi connectivity index (χ0v) is 12.5. The third kappa shape index (κ3) is 3.25. The average molecular weight is 290 g/mol. The second-order valence-electron chi connectivity index (χ2n) is 4.72. The summed E-state index contributed by atoms with van der Waals surface area (Å²) in [5.74, 6) is 0. The average Bonchev–Trinajstić information content (AvgIpc) is 2.77. The van der Waals surface area contributed by atoms with Crippen LogP contribution in [0.2, 0.25) is 0 Å². The van der Waals surface area contributed by atoms with Crippen LogP contribution in [0.3, 0.4) is 0 Å². The van der Waals surface area contributed by atoms with Gasteiger partial charge in [0.25, 0.3) is 0 Å². The van der Waals surface area contributed by atoms with Crippen molar-refractivity contribution in [2.24, 2.45) is 0 Å². The van der Waals surface area contributed by atoms with Crippen LogP contribution < -0.4 is 0 Å². The Bertz CT molecular complexity index is 683. The van der Waals surface area contributed by atoms with Gasteiger partial charge in [-0.15, -0.1) is 0 Å². The van der Waals surface area contributed by atoms with Crippen LogP contribution in [0.5, 0.6) is 0 Å². The predicted molar refractivity (Wildman–Crippen MR) is 81.2 cm³/mol. The first-order valence-electron chi connectivity index (χ1n) is 6.46. The van der Waals surface area contributed by atoms with Gasteiger partial charge in [-0.2, -0.15) is 5.26 Å². The van der Waals surface area contributed by atoms with Gasteiger partial charge in [0.1, 0.15) is 0 Å². The number of hydrogen-bond acceptors (Lipinski definition) is 4. The van der Waals surface area contributed by atoms with Crippen LogP contribution in [0.1, 0.15) is 5.56 Å². The number of fused-ring (bicyclic) bond motifs is 1. The van der Waals surface area contributed by atoms with Crippen LogP contribution in [0, 0.1) is 16.1 Å². The Labute approximate surface area is 123 Å². The number of ether oxygens (including phenoxy) is 1. The van der Waals surface area contributed by atoms with Gasteiger partial charge in [0.2, 0.25) is 0 Å². The van der Waals surface area contributed by atoms with E-state index in [-0.39, 0.29) is 0 Å². The first kappa shape index (κ1) is 14.7. The van der Waals surface area contributed by atoms with Gasteiger partial charge in [-0.25, -0.2) is 0 Å². The van der Waals surface area contributed by atoms with Crippen LogP contribution in [0.25, 0.3) is 11.0 Å². The summed E-state index contributed by atoms with van der Waals surface area (Å²) in [6, 6.07) is 7.72. The van der Waals surface area contributed by atoms with E-state index in [1.54, 1.807) is 13.2 Å². The summed E-state index contributed by atoms with van der Waals surface area (Å²) in [5, 5.41) is 8.99. The van der Waals surface area contributed by atoms with Gasteiger partial charge in [0.15, 0.2) is 4.77 Å². The van der Waals surface area contributed by atoms with Crippen LogP contribution in [-0.2, 0) is 11.3 Å². The second-order valence-corrected chi connectivity index (χ2v) is 5.11. The number of nitrogens with zero attached hydrogens (tertiary/aromatic N) is 3. The SMILES string of the molecule is COCCN(C)CCn1c(=S)[nH]c2ccc(C#N)cc21. The van der Waals surface area contributed by atoms with Gasteiger partial charge >= 0.3 is 0 Å². The number of H-pyrrole nitrogens is 1. The number of imidazole rings is 1. The number of hydrogen-bond donors (Lipinski definition) is 1. The molecule has 0 aliphatic rings. The quantitative estimate of drug-likeness (QED) is 0.828. The predicted octanol–water partition coefficient (Wildman–Crippen LogP) is 2.15. The Kier molecular flexibility index (Phi) is 4.90.